The lowest BCUT2D eigenvalue weighted by Gasteiger charge is -2.25. The van der Waals surface area contributed by atoms with Gasteiger partial charge >= 0.3 is 0 Å². The van der Waals surface area contributed by atoms with E-state index in [9.17, 15) is 0 Å². The smallest absolute Gasteiger partial charge is 0.000741 e. The Morgan fingerprint density at radius 3 is 1.39 bits per heavy atom. The second kappa shape index (κ2) is 8.30. The summed E-state index contributed by atoms with van der Waals surface area (Å²) in [6.07, 6.45) is 0. The summed E-state index contributed by atoms with van der Waals surface area (Å²) < 4.78 is 0. The maximum atomic E-state index is 2.35. The molecule has 0 N–H and O–H groups in total. The van der Waals surface area contributed by atoms with Crippen molar-refractivity contribution in [1.82, 2.24) is 0 Å². The molecule has 0 aliphatic carbocycles. The molecule has 8 aromatic rings. The van der Waals surface area contributed by atoms with E-state index >= 15 is 0 Å². The van der Waals surface area contributed by atoms with E-state index in [4.69, 9.17) is 0 Å². The Labute approximate surface area is 221 Å². The maximum absolute atomic E-state index is 2.35. The fraction of sp³-hybridized carbons (Fsp3) is 0. The maximum Gasteiger partial charge on any atom is -0.000741 e. The fourth-order valence-corrected chi connectivity index (χ4v) is 6.48. The molecule has 0 nitrogen and oxygen atoms in total. The third-order valence-electron chi connectivity index (χ3n) is 7.99. The summed E-state index contributed by atoms with van der Waals surface area (Å²) in [4.78, 5) is 0. The Hall–Kier alpha value is -4.94. The molecule has 0 radical (unpaired) electrons. The molecule has 0 aromatic heterocycles. The summed E-state index contributed by atoms with van der Waals surface area (Å²) in [5.74, 6) is 0. The molecule has 0 aliphatic rings. The number of fused-ring (bicyclic) bond motifs is 3. The van der Waals surface area contributed by atoms with Crippen LogP contribution in [0, 0.1) is 0 Å². The van der Waals surface area contributed by atoms with Crippen LogP contribution < -0.4 is 0 Å². The van der Waals surface area contributed by atoms with Crippen molar-refractivity contribution < 1.29 is 0 Å². The average Bonchev–Trinajstić information content (AvgIpc) is 3.00. The highest BCUT2D eigenvalue weighted by Crippen LogP contribution is 2.52. The fourth-order valence-electron chi connectivity index (χ4n) is 6.48. The second-order valence-corrected chi connectivity index (χ2v) is 10.0. The first-order valence-corrected chi connectivity index (χ1v) is 13.2. The van der Waals surface area contributed by atoms with Crippen LogP contribution in [0.25, 0.3) is 76.5 Å². The number of hydrogen-bond donors (Lipinski definition) is 0. The van der Waals surface area contributed by atoms with Crippen molar-refractivity contribution in [1.29, 1.82) is 0 Å². The summed E-state index contributed by atoms with van der Waals surface area (Å²) in [6.45, 7) is 0. The first-order chi connectivity index (χ1) is 18.9. The molecular weight excluding hydrogens is 456 g/mol. The summed E-state index contributed by atoms with van der Waals surface area (Å²) >= 11 is 0. The second-order valence-electron chi connectivity index (χ2n) is 10.0. The number of benzene rings is 8. The van der Waals surface area contributed by atoms with Gasteiger partial charge in [0.05, 0.1) is 0 Å². The Kier molecular flexibility index (Phi) is 4.62. The standard InChI is InChI=1S/C38H24/c1-4-13-25(14-5-1)34-32-24-23-28-19-12-22-30-29-20-10-11-21-31(29)37(38(32)33(28)30)36(27-17-8-3-9-18-27)35(34)26-15-6-2-7-16-26/h1-24H. The van der Waals surface area contributed by atoms with Gasteiger partial charge in [0.25, 0.3) is 0 Å². The van der Waals surface area contributed by atoms with E-state index in [-0.39, 0.29) is 0 Å². The van der Waals surface area contributed by atoms with Crippen molar-refractivity contribution in [2.24, 2.45) is 0 Å². The van der Waals surface area contributed by atoms with Gasteiger partial charge in [-0.25, -0.2) is 0 Å². The molecule has 0 heteroatoms. The van der Waals surface area contributed by atoms with Crippen LogP contribution in [0.1, 0.15) is 0 Å². The average molecular weight is 481 g/mol. The Morgan fingerprint density at radius 2 is 0.737 bits per heavy atom. The molecule has 0 saturated carbocycles. The van der Waals surface area contributed by atoms with Crippen molar-refractivity contribution in [2.75, 3.05) is 0 Å². The zero-order chi connectivity index (χ0) is 25.1. The van der Waals surface area contributed by atoms with Gasteiger partial charge in [0, 0.05) is 0 Å². The Balaban J connectivity index is 1.77. The van der Waals surface area contributed by atoms with Crippen molar-refractivity contribution >= 4 is 43.1 Å². The van der Waals surface area contributed by atoms with Crippen LogP contribution in [0.4, 0.5) is 0 Å². The van der Waals surface area contributed by atoms with Crippen molar-refractivity contribution in [3.63, 3.8) is 0 Å². The minimum absolute atomic E-state index is 1.24. The van der Waals surface area contributed by atoms with E-state index in [0.29, 0.717) is 0 Å². The summed E-state index contributed by atoms with van der Waals surface area (Å²) in [7, 11) is 0. The molecular formula is C38H24. The third kappa shape index (κ3) is 2.98. The molecule has 0 heterocycles. The predicted molar refractivity (Wildman–Crippen MR) is 164 cm³/mol. The van der Waals surface area contributed by atoms with E-state index < -0.39 is 0 Å². The third-order valence-corrected chi connectivity index (χ3v) is 7.99. The highest BCUT2D eigenvalue weighted by atomic mass is 14.3. The highest BCUT2D eigenvalue weighted by Gasteiger charge is 2.25. The van der Waals surface area contributed by atoms with E-state index in [1.807, 2.05) is 0 Å². The normalized spacial score (nSPS) is 11.7. The SMILES string of the molecule is c1ccc(-c2c(-c3ccccc3)c3ccc4cccc5c6ccccc6c(c2-c2ccccc2)c3c45)cc1. The molecule has 0 fully saturated rings. The Bertz CT molecular complexity index is 2090. The molecule has 0 atom stereocenters. The van der Waals surface area contributed by atoms with Gasteiger partial charge in [-0.1, -0.05) is 146 Å². The molecule has 176 valence electrons. The monoisotopic (exact) mass is 480 g/mol. The molecule has 0 spiro atoms. The summed E-state index contributed by atoms with van der Waals surface area (Å²) in [5, 5.41) is 10.6. The Morgan fingerprint density at radius 1 is 0.237 bits per heavy atom. The minimum atomic E-state index is 1.24. The van der Waals surface area contributed by atoms with Crippen LogP contribution in [0.2, 0.25) is 0 Å². The summed E-state index contributed by atoms with van der Waals surface area (Å²) in [5.41, 5.74) is 7.61. The zero-order valence-electron chi connectivity index (χ0n) is 20.9. The predicted octanol–water partition coefficient (Wildman–Crippen LogP) is 10.7. The van der Waals surface area contributed by atoms with Crippen LogP contribution in [0.15, 0.2) is 146 Å². The molecule has 0 amide bonds. The van der Waals surface area contributed by atoms with E-state index in [1.165, 1.54) is 76.5 Å². The minimum Gasteiger partial charge on any atom is -0.0622 e. The van der Waals surface area contributed by atoms with Crippen LogP contribution in [0.5, 0.6) is 0 Å². The van der Waals surface area contributed by atoms with Crippen LogP contribution in [0.3, 0.4) is 0 Å². The van der Waals surface area contributed by atoms with Gasteiger partial charge in [-0.2, -0.15) is 0 Å². The molecule has 0 saturated heterocycles. The first kappa shape index (κ1) is 21.2. The number of rotatable bonds is 3. The first-order valence-electron chi connectivity index (χ1n) is 13.2. The van der Waals surface area contributed by atoms with Crippen LogP contribution in [-0.2, 0) is 0 Å². The van der Waals surface area contributed by atoms with Crippen LogP contribution >= 0.6 is 0 Å². The molecule has 0 bridgehead atoms. The molecule has 0 unspecified atom stereocenters. The van der Waals surface area contributed by atoms with Gasteiger partial charge in [0.15, 0.2) is 0 Å². The highest BCUT2D eigenvalue weighted by molar-refractivity contribution is 6.39. The summed E-state index contributed by atoms with van der Waals surface area (Å²) in [6, 6.07) is 53.1. The number of hydrogen-bond acceptors (Lipinski definition) is 0. The molecule has 38 heavy (non-hydrogen) atoms. The van der Waals surface area contributed by atoms with Gasteiger partial charge in [-0.05, 0) is 76.5 Å². The molecule has 0 aliphatic heterocycles. The lowest BCUT2D eigenvalue weighted by molar-refractivity contribution is 1.60. The van der Waals surface area contributed by atoms with Gasteiger partial charge < -0.3 is 0 Å². The topological polar surface area (TPSA) is 0 Å². The van der Waals surface area contributed by atoms with Gasteiger partial charge in [-0.3, -0.25) is 0 Å². The van der Waals surface area contributed by atoms with Gasteiger partial charge in [0.2, 0.25) is 0 Å². The lowest BCUT2D eigenvalue weighted by Crippen LogP contribution is -1.97. The van der Waals surface area contributed by atoms with E-state index in [0.717, 1.165) is 0 Å². The quantitative estimate of drug-likeness (QED) is 0.174. The van der Waals surface area contributed by atoms with Gasteiger partial charge in [0.1, 0.15) is 0 Å². The van der Waals surface area contributed by atoms with Crippen LogP contribution in [-0.4, -0.2) is 0 Å². The van der Waals surface area contributed by atoms with E-state index in [1.54, 1.807) is 0 Å². The lowest BCUT2D eigenvalue weighted by atomic mass is 9.78. The van der Waals surface area contributed by atoms with Crippen molar-refractivity contribution in [2.45, 2.75) is 0 Å². The van der Waals surface area contributed by atoms with E-state index in [2.05, 4.69) is 146 Å². The zero-order valence-corrected chi connectivity index (χ0v) is 20.9. The van der Waals surface area contributed by atoms with Gasteiger partial charge in [-0.15, -0.1) is 0 Å². The molecule has 8 aromatic carbocycles. The van der Waals surface area contributed by atoms with Crippen molar-refractivity contribution in [3.05, 3.63) is 146 Å². The molecule has 8 rings (SSSR count). The largest absolute Gasteiger partial charge is 0.0622 e. The van der Waals surface area contributed by atoms with Crippen molar-refractivity contribution in [3.8, 4) is 33.4 Å².